The number of amides is 1. The minimum absolute atomic E-state index is 0.226. The molecule has 1 aromatic rings. The monoisotopic (exact) mass is 274 g/mol. The Hall–Kier alpha value is -1.76. The average Bonchev–Trinajstić information content (AvgIpc) is 3.05. The lowest BCUT2D eigenvalue weighted by molar-refractivity contribution is -0.274. The number of ether oxygens (including phenoxy) is 1. The van der Waals surface area contributed by atoms with Crippen molar-refractivity contribution < 1.29 is 22.7 Å². The SMILES string of the molecule is NC1(C(=O)NCc2ccc(OC(F)(F)F)cc2)CC1. The average molecular weight is 274 g/mol. The molecule has 0 saturated heterocycles. The summed E-state index contributed by atoms with van der Waals surface area (Å²) in [7, 11) is 0. The van der Waals surface area contributed by atoms with Crippen LogP contribution in [-0.2, 0) is 11.3 Å². The Kier molecular flexibility index (Phi) is 3.40. The number of rotatable bonds is 4. The van der Waals surface area contributed by atoms with Gasteiger partial charge in [0.15, 0.2) is 0 Å². The predicted octanol–water partition coefficient (Wildman–Crippen LogP) is 1.69. The Balaban J connectivity index is 1.87. The molecular weight excluding hydrogens is 261 g/mol. The lowest BCUT2D eigenvalue weighted by atomic mass is 10.2. The van der Waals surface area contributed by atoms with Gasteiger partial charge in [0.25, 0.3) is 0 Å². The van der Waals surface area contributed by atoms with Gasteiger partial charge >= 0.3 is 6.36 Å². The van der Waals surface area contributed by atoms with Gasteiger partial charge in [0.2, 0.25) is 5.91 Å². The third kappa shape index (κ3) is 3.85. The minimum Gasteiger partial charge on any atom is -0.406 e. The van der Waals surface area contributed by atoms with Gasteiger partial charge in [0, 0.05) is 6.54 Å². The molecule has 0 atom stereocenters. The van der Waals surface area contributed by atoms with Gasteiger partial charge in [-0.2, -0.15) is 0 Å². The smallest absolute Gasteiger partial charge is 0.406 e. The maximum atomic E-state index is 11.9. The molecule has 104 valence electrons. The van der Waals surface area contributed by atoms with Gasteiger partial charge in [-0.05, 0) is 30.5 Å². The van der Waals surface area contributed by atoms with E-state index in [0.717, 1.165) is 0 Å². The summed E-state index contributed by atoms with van der Waals surface area (Å²) in [4.78, 5) is 11.5. The molecule has 19 heavy (non-hydrogen) atoms. The van der Waals surface area contributed by atoms with E-state index in [9.17, 15) is 18.0 Å². The summed E-state index contributed by atoms with van der Waals surface area (Å²) in [6.07, 6.45) is -3.37. The molecular formula is C12H13F3N2O2. The van der Waals surface area contributed by atoms with Gasteiger partial charge in [-0.3, -0.25) is 4.79 Å². The molecule has 0 aliphatic heterocycles. The number of halogens is 3. The molecule has 0 bridgehead atoms. The number of alkyl halides is 3. The summed E-state index contributed by atoms with van der Waals surface area (Å²) in [5, 5.41) is 2.64. The van der Waals surface area contributed by atoms with Crippen LogP contribution < -0.4 is 15.8 Å². The van der Waals surface area contributed by atoms with Gasteiger partial charge in [-0.1, -0.05) is 12.1 Å². The van der Waals surface area contributed by atoms with Crippen LogP contribution in [0.2, 0.25) is 0 Å². The number of carbonyl (C=O) groups is 1. The maximum Gasteiger partial charge on any atom is 0.573 e. The van der Waals surface area contributed by atoms with E-state index in [4.69, 9.17) is 5.73 Å². The van der Waals surface area contributed by atoms with E-state index in [2.05, 4.69) is 10.1 Å². The van der Waals surface area contributed by atoms with Crippen molar-refractivity contribution in [1.29, 1.82) is 0 Å². The molecule has 0 unspecified atom stereocenters. The molecule has 1 aromatic carbocycles. The molecule has 1 aliphatic rings. The van der Waals surface area contributed by atoms with E-state index >= 15 is 0 Å². The lowest BCUT2D eigenvalue weighted by Crippen LogP contribution is -2.42. The van der Waals surface area contributed by atoms with Crippen LogP contribution in [0.1, 0.15) is 18.4 Å². The molecule has 1 amide bonds. The second-order valence-corrected chi connectivity index (χ2v) is 4.53. The van der Waals surface area contributed by atoms with Crippen LogP contribution in [0.3, 0.4) is 0 Å². The molecule has 0 heterocycles. The van der Waals surface area contributed by atoms with Crippen molar-refractivity contribution in [3.05, 3.63) is 29.8 Å². The molecule has 3 N–H and O–H groups in total. The number of nitrogens with two attached hydrogens (primary N) is 1. The van der Waals surface area contributed by atoms with E-state index in [-0.39, 0.29) is 18.2 Å². The van der Waals surface area contributed by atoms with Crippen molar-refractivity contribution in [2.24, 2.45) is 5.73 Å². The van der Waals surface area contributed by atoms with E-state index in [1.807, 2.05) is 0 Å². The molecule has 1 aliphatic carbocycles. The summed E-state index contributed by atoms with van der Waals surface area (Å²) in [5.74, 6) is -0.525. The zero-order chi connectivity index (χ0) is 14.1. The molecule has 0 radical (unpaired) electrons. The Morgan fingerprint density at radius 1 is 1.32 bits per heavy atom. The highest BCUT2D eigenvalue weighted by molar-refractivity contribution is 5.88. The first-order valence-corrected chi connectivity index (χ1v) is 5.70. The molecule has 0 aromatic heterocycles. The summed E-state index contributed by atoms with van der Waals surface area (Å²) in [6.45, 7) is 0.226. The third-order valence-electron chi connectivity index (χ3n) is 2.85. The topological polar surface area (TPSA) is 64.4 Å². The van der Waals surface area contributed by atoms with Crippen molar-refractivity contribution in [3.63, 3.8) is 0 Å². The van der Waals surface area contributed by atoms with Gasteiger partial charge in [-0.25, -0.2) is 0 Å². The van der Waals surface area contributed by atoms with E-state index < -0.39 is 11.9 Å². The highest BCUT2D eigenvalue weighted by Gasteiger charge is 2.45. The minimum atomic E-state index is -4.70. The van der Waals surface area contributed by atoms with Crippen LogP contribution in [0.4, 0.5) is 13.2 Å². The summed E-state index contributed by atoms with van der Waals surface area (Å²) < 4.78 is 39.6. The second kappa shape index (κ2) is 4.73. The van der Waals surface area contributed by atoms with Gasteiger partial charge in [-0.15, -0.1) is 13.2 Å². The molecule has 1 saturated carbocycles. The predicted molar refractivity (Wildman–Crippen MR) is 61.1 cm³/mol. The second-order valence-electron chi connectivity index (χ2n) is 4.53. The van der Waals surface area contributed by atoms with Crippen LogP contribution in [0.15, 0.2) is 24.3 Å². The van der Waals surface area contributed by atoms with Crippen LogP contribution in [0, 0.1) is 0 Å². The Morgan fingerprint density at radius 3 is 2.37 bits per heavy atom. The van der Waals surface area contributed by atoms with Crippen molar-refractivity contribution >= 4 is 5.91 Å². The Labute approximate surface area is 107 Å². The zero-order valence-corrected chi connectivity index (χ0v) is 9.96. The van der Waals surface area contributed by atoms with Gasteiger partial charge in [0.1, 0.15) is 5.75 Å². The molecule has 4 nitrogen and oxygen atoms in total. The van der Waals surface area contributed by atoms with Crippen molar-refractivity contribution in [2.75, 3.05) is 0 Å². The largest absolute Gasteiger partial charge is 0.573 e. The summed E-state index contributed by atoms with van der Waals surface area (Å²) in [6, 6.07) is 5.31. The highest BCUT2D eigenvalue weighted by atomic mass is 19.4. The molecule has 7 heteroatoms. The van der Waals surface area contributed by atoms with Crippen LogP contribution in [-0.4, -0.2) is 17.8 Å². The first kappa shape index (κ1) is 13.7. The quantitative estimate of drug-likeness (QED) is 0.878. The molecule has 2 rings (SSSR count). The number of hydrogen-bond acceptors (Lipinski definition) is 3. The Morgan fingerprint density at radius 2 is 1.89 bits per heavy atom. The fourth-order valence-corrected chi connectivity index (χ4v) is 1.53. The first-order valence-electron chi connectivity index (χ1n) is 5.70. The fourth-order valence-electron chi connectivity index (χ4n) is 1.53. The van der Waals surface area contributed by atoms with E-state index in [1.165, 1.54) is 24.3 Å². The standard InChI is InChI=1S/C12H13F3N2O2/c13-12(14,15)19-9-3-1-8(2-4-9)7-17-10(18)11(16)5-6-11/h1-4H,5-7,16H2,(H,17,18). The number of benzene rings is 1. The van der Waals surface area contributed by atoms with Crippen molar-refractivity contribution in [3.8, 4) is 5.75 Å². The fraction of sp³-hybridized carbons (Fsp3) is 0.417. The van der Waals surface area contributed by atoms with Gasteiger partial charge in [0.05, 0.1) is 5.54 Å². The maximum absolute atomic E-state index is 11.9. The van der Waals surface area contributed by atoms with Gasteiger partial charge < -0.3 is 15.8 Å². The van der Waals surface area contributed by atoms with Crippen LogP contribution in [0.25, 0.3) is 0 Å². The third-order valence-corrected chi connectivity index (χ3v) is 2.85. The number of carbonyl (C=O) groups excluding carboxylic acids is 1. The van der Waals surface area contributed by atoms with Crippen molar-refractivity contribution in [1.82, 2.24) is 5.32 Å². The normalized spacial score (nSPS) is 16.8. The lowest BCUT2D eigenvalue weighted by Gasteiger charge is -2.11. The zero-order valence-electron chi connectivity index (χ0n) is 9.96. The number of nitrogens with one attached hydrogen (secondary N) is 1. The summed E-state index contributed by atoms with van der Waals surface area (Å²) in [5.41, 5.74) is 5.61. The number of hydrogen-bond donors (Lipinski definition) is 2. The van der Waals surface area contributed by atoms with Crippen LogP contribution in [0.5, 0.6) is 5.75 Å². The summed E-state index contributed by atoms with van der Waals surface area (Å²) >= 11 is 0. The van der Waals surface area contributed by atoms with Crippen LogP contribution >= 0.6 is 0 Å². The molecule has 1 fully saturated rings. The highest BCUT2D eigenvalue weighted by Crippen LogP contribution is 2.32. The first-order chi connectivity index (χ1) is 8.78. The van der Waals surface area contributed by atoms with E-state index in [0.29, 0.717) is 18.4 Å². The van der Waals surface area contributed by atoms with Crippen molar-refractivity contribution in [2.45, 2.75) is 31.3 Å². The molecule has 0 spiro atoms. The Bertz CT molecular complexity index is 467. The van der Waals surface area contributed by atoms with E-state index in [1.54, 1.807) is 0 Å².